The molecule has 1 aliphatic rings. The van der Waals surface area contributed by atoms with E-state index in [0.717, 1.165) is 35.1 Å². The van der Waals surface area contributed by atoms with Gasteiger partial charge < -0.3 is 4.74 Å². The van der Waals surface area contributed by atoms with E-state index in [4.69, 9.17) is 4.74 Å². The van der Waals surface area contributed by atoms with Gasteiger partial charge in [-0.1, -0.05) is 12.1 Å². The van der Waals surface area contributed by atoms with Crippen molar-refractivity contribution in [2.24, 2.45) is 5.92 Å². The fourth-order valence-electron chi connectivity index (χ4n) is 3.31. The molecule has 25 heavy (non-hydrogen) atoms. The summed E-state index contributed by atoms with van der Waals surface area (Å²) in [4.78, 5) is 20.6. The Bertz CT molecular complexity index is 899. The number of hydrogen-bond acceptors (Lipinski definition) is 5. The minimum Gasteiger partial charge on any atom is -0.466 e. The van der Waals surface area contributed by atoms with Crippen LogP contribution in [0.1, 0.15) is 32.2 Å². The smallest absolute Gasteiger partial charge is 0.306 e. The minimum atomic E-state index is -0.0986. The van der Waals surface area contributed by atoms with E-state index in [0.29, 0.717) is 25.0 Å². The molecule has 1 saturated carbocycles. The molecule has 4 rings (SSSR count). The zero-order chi connectivity index (χ0) is 17.2. The summed E-state index contributed by atoms with van der Waals surface area (Å²) >= 11 is 0. The standard InChI is InChI=1S/C19H20N4O2/c1-2-25-19(24)9-13-7-15(8-13)23-12-14(10-21-23)18-11-20-16-5-3-4-6-17(16)22-18/h3-6,10-13,15H,2,7-9H2,1H3. The zero-order valence-corrected chi connectivity index (χ0v) is 14.1. The van der Waals surface area contributed by atoms with E-state index in [1.54, 1.807) is 6.20 Å². The number of rotatable bonds is 5. The number of ether oxygens (including phenoxy) is 1. The Hall–Kier alpha value is -2.76. The lowest BCUT2D eigenvalue weighted by atomic mass is 9.78. The normalized spacial score (nSPS) is 19.6. The Labute approximate surface area is 145 Å². The fraction of sp³-hybridized carbons (Fsp3) is 0.368. The monoisotopic (exact) mass is 336 g/mol. The minimum absolute atomic E-state index is 0.0986. The number of nitrogens with zero attached hydrogens (tertiary/aromatic N) is 4. The molecular weight excluding hydrogens is 316 g/mol. The van der Waals surface area contributed by atoms with Gasteiger partial charge >= 0.3 is 5.97 Å². The summed E-state index contributed by atoms with van der Waals surface area (Å²) in [6.45, 7) is 2.28. The highest BCUT2D eigenvalue weighted by Crippen LogP contribution is 2.40. The molecular formula is C19H20N4O2. The molecule has 128 valence electrons. The van der Waals surface area contributed by atoms with Crippen molar-refractivity contribution in [3.63, 3.8) is 0 Å². The Morgan fingerprint density at radius 3 is 2.84 bits per heavy atom. The predicted octanol–water partition coefficient (Wildman–Crippen LogP) is 3.40. The number of fused-ring (bicyclic) bond motifs is 1. The molecule has 3 aromatic rings. The van der Waals surface area contributed by atoms with Crippen LogP contribution in [0, 0.1) is 5.92 Å². The molecule has 0 aliphatic heterocycles. The molecule has 6 nitrogen and oxygen atoms in total. The molecule has 0 N–H and O–H groups in total. The van der Waals surface area contributed by atoms with Crippen molar-refractivity contribution in [3.05, 3.63) is 42.9 Å². The van der Waals surface area contributed by atoms with Gasteiger partial charge in [0.05, 0.1) is 41.8 Å². The highest BCUT2D eigenvalue weighted by atomic mass is 16.5. The summed E-state index contributed by atoms with van der Waals surface area (Å²) in [5.74, 6) is 0.302. The molecule has 1 fully saturated rings. The molecule has 2 heterocycles. The molecule has 0 radical (unpaired) electrons. The number of para-hydroxylation sites is 2. The fourth-order valence-corrected chi connectivity index (χ4v) is 3.31. The average molecular weight is 336 g/mol. The maximum Gasteiger partial charge on any atom is 0.306 e. The first kappa shape index (κ1) is 15.7. The van der Waals surface area contributed by atoms with Crippen molar-refractivity contribution in [2.75, 3.05) is 6.61 Å². The van der Waals surface area contributed by atoms with Crippen LogP contribution in [0.25, 0.3) is 22.3 Å². The molecule has 2 aromatic heterocycles. The van der Waals surface area contributed by atoms with Gasteiger partial charge in [-0.2, -0.15) is 5.10 Å². The van der Waals surface area contributed by atoms with Gasteiger partial charge in [-0.05, 0) is 37.8 Å². The molecule has 0 bridgehead atoms. The van der Waals surface area contributed by atoms with Gasteiger partial charge in [0.25, 0.3) is 0 Å². The topological polar surface area (TPSA) is 69.9 Å². The largest absolute Gasteiger partial charge is 0.466 e. The summed E-state index contributed by atoms with van der Waals surface area (Å²) in [6, 6.07) is 8.18. The number of carbonyl (C=O) groups is 1. The lowest BCUT2D eigenvalue weighted by Gasteiger charge is -2.34. The number of aromatic nitrogens is 4. The molecule has 1 aliphatic carbocycles. The lowest BCUT2D eigenvalue weighted by Crippen LogP contribution is -2.29. The van der Waals surface area contributed by atoms with Gasteiger partial charge in [0, 0.05) is 18.2 Å². The van der Waals surface area contributed by atoms with Crippen LogP contribution in [-0.4, -0.2) is 32.3 Å². The summed E-state index contributed by atoms with van der Waals surface area (Å²) in [5.41, 5.74) is 3.56. The summed E-state index contributed by atoms with van der Waals surface area (Å²) < 4.78 is 6.99. The Kier molecular flexibility index (Phi) is 4.17. The van der Waals surface area contributed by atoms with E-state index in [1.165, 1.54) is 0 Å². The first-order valence-corrected chi connectivity index (χ1v) is 8.65. The maximum atomic E-state index is 11.5. The summed E-state index contributed by atoms with van der Waals surface area (Å²) in [6.07, 6.45) is 8.07. The molecule has 0 spiro atoms. The summed E-state index contributed by atoms with van der Waals surface area (Å²) in [7, 11) is 0. The maximum absolute atomic E-state index is 11.5. The highest BCUT2D eigenvalue weighted by Gasteiger charge is 2.33. The SMILES string of the molecule is CCOC(=O)CC1CC(n2cc(-c3cnc4ccccc4n3)cn2)C1. The molecule has 6 heteroatoms. The van der Waals surface area contributed by atoms with E-state index in [-0.39, 0.29) is 5.97 Å². The van der Waals surface area contributed by atoms with Crippen LogP contribution >= 0.6 is 0 Å². The quantitative estimate of drug-likeness (QED) is 0.668. The second kappa shape index (κ2) is 6.63. The summed E-state index contributed by atoms with van der Waals surface area (Å²) in [5, 5.41) is 4.48. The van der Waals surface area contributed by atoms with Crippen LogP contribution in [0.15, 0.2) is 42.9 Å². The number of hydrogen-bond donors (Lipinski definition) is 0. The second-order valence-corrected chi connectivity index (χ2v) is 6.45. The molecule has 0 amide bonds. The van der Waals surface area contributed by atoms with E-state index in [9.17, 15) is 4.79 Å². The van der Waals surface area contributed by atoms with Crippen LogP contribution in [-0.2, 0) is 9.53 Å². The van der Waals surface area contributed by atoms with E-state index in [2.05, 4.69) is 15.1 Å². The third kappa shape index (κ3) is 3.24. The van der Waals surface area contributed by atoms with Crippen LogP contribution in [0.5, 0.6) is 0 Å². The van der Waals surface area contributed by atoms with E-state index >= 15 is 0 Å². The van der Waals surface area contributed by atoms with Crippen LogP contribution in [0.2, 0.25) is 0 Å². The van der Waals surface area contributed by atoms with E-state index in [1.807, 2.05) is 48.3 Å². The van der Waals surface area contributed by atoms with Gasteiger partial charge in [-0.15, -0.1) is 0 Å². The highest BCUT2D eigenvalue weighted by molar-refractivity contribution is 5.76. The van der Waals surface area contributed by atoms with Crippen molar-refractivity contribution >= 4 is 17.0 Å². The van der Waals surface area contributed by atoms with Crippen molar-refractivity contribution in [1.82, 2.24) is 19.7 Å². The van der Waals surface area contributed by atoms with Crippen LogP contribution < -0.4 is 0 Å². The number of carbonyl (C=O) groups excluding carboxylic acids is 1. The zero-order valence-electron chi connectivity index (χ0n) is 14.1. The Morgan fingerprint density at radius 2 is 2.04 bits per heavy atom. The van der Waals surface area contributed by atoms with Crippen LogP contribution in [0.3, 0.4) is 0 Å². The van der Waals surface area contributed by atoms with Gasteiger partial charge in [-0.25, -0.2) is 4.98 Å². The average Bonchev–Trinajstić information content (AvgIpc) is 3.07. The molecule has 0 unspecified atom stereocenters. The number of benzene rings is 1. The first-order chi connectivity index (χ1) is 12.2. The molecule has 0 saturated heterocycles. The van der Waals surface area contributed by atoms with Gasteiger partial charge in [0.1, 0.15) is 0 Å². The number of esters is 1. The predicted molar refractivity (Wildman–Crippen MR) is 93.8 cm³/mol. The Balaban J connectivity index is 1.43. The lowest BCUT2D eigenvalue weighted by molar-refractivity contribution is -0.145. The van der Waals surface area contributed by atoms with E-state index < -0.39 is 0 Å². The van der Waals surface area contributed by atoms with Gasteiger partial charge in [0.15, 0.2) is 0 Å². The molecule has 0 atom stereocenters. The third-order valence-electron chi connectivity index (χ3n) is 4.69. The van der Waals surface area contributed by atoms with Crippen molar-refractivity contribution in [2.45, 2.75) is 32.2 Å². The van der Waals surface area contributed by atoms with Crippen molar-refractivity contribution in [3.8, 4) is 11.3 Å². The molecule has 1 aromatic carbocycles. The second-order valence-electron chi connectivity index (χ2n) is 6.45. The first-order valence-electron chi connectivity index (χ1n) is 8.65. The third-order valence-corrected chi connectivity index (χ3v) is 4.69. The van der Waals surface area contributed by atoms with Crippen molar-refractivity contribution < 1.29 is 9.53 Å². The van der Waals surface area contributed by atoms with Gasteiger partial charge in [0.2, 0.25) is 0 Å². The van der Waals surface area contributed by atoms with Gasteiger partial charge in [-0.3, -0.25) is 14.5 Å². The van der Waals surface area contributed by atoms with Crippen molar-refractivity contribution in [1.29, 1.82) is 0 Å². The van der Waals surface area contributed by atoms with Crippen LogP contribution in [0.4, 0.5) is 0 Å². The Morgan fingerprint density at radius 1 is 1.24 bits per heavy atom.